The first-order chi connectivity index (χ1) is 9.88. The van der Waals surface area contributed by atoms with Crippen LogP contribution in [-0.2, 0) is 4.79 Å². The van der Waals surface area contributed by atoms with Crippen LogP contribution < -0.4 is 11.1 Å². The normalized spacial score (nSPS) is 23.8. The Balaban J connectivity index is 2.04. The topological polar surface area (TPSA) is 58.4 Å². The van der Waals surface area contributed by atoms with Crippen molar-refractivity contribution in [2.45, 2.75) is 39.3 Å². The second-order valence-electron chi connectivity index (χ2n) is 6.00. The van der Waals surface area contributed by atoms with E-state index in [1.54, 1.807) is 0 Å². The molecule has 0 bridgehead atoms. The maximum Gasteiger partial charge on any atom is 0.241 e. The molecule has 1 heterocycles. The van der Waals surface area contributed by atoms with Crippen LogP contribution in [0.2, 0.25) is 0 Å². The minimum absolute atomic E-state index is 0.0102. The standard InChI is InChI=1S/C16H23N3OS/c1-10-7-11(2)19(9-10)12(3)16(20)18-14-6-4-5-13(8-14)15(17)21/h4-6,8,10-12H,7,9H2,1-3H3,(H2,17,21)(H,18,20). The van der Waals surface area contributed by atoms with Gasteiger partial charge in [-0.25, -0.2) is 0 Å². The zero-order valence-electron chi connectivity index (χ0n) is 12.8. The van der Waals surface area contributed by atoms with E-state index in [0.29, 0.717) is 16.9 Å². The number of thiocarbonyl (C=S) groups is 1. The summed E-state index contributed by atoms with van der Waals surface area (Å²) in [4.78, 5) is 15.0. The van der Waals surface area contributed by atoms with Crippen LogP contribution in [-0.4, -0.2) is 34.4 Å². The molecular formula is C16H23N3OS. The molecule has 0 spiro atoms. The van der Waals surface area contributed by atoms with Gasteiger partial charge in [-0.2, -0.15) is 0 Å². The van der Waals surface area contributed by atoms with E-state index in [-0.39, 0.29) is 11.9 Å². The van der Waals surface area contributed by atoms with Gasteiger partial charge in [0, 0.05) is 23.8 Å². The summed E-state index contributed by atoms with van der Waals surface area (Å²) >= 11 is 4.96. The van der Waals surface area contributed by atoms with E-state index in [9.17, 15) is 4.79 Å². The predicted octanol–water partition coefficient (Wildman–Crippen LogP) is 2.38. The summed E-state index contributed by atoms with van der Waals surface area (Å²) in [5.41, 5.74) is 7.11. The minimum atomic E-state index is -0.140. The highest BCUT2D eigenvalue weighted by molar-refractivity contribution is 7.80. The van der Waals surface area contributed by atoms with Crippen molar-refractivity contribution in [2.75, 3.05) is 11.9 Å². The van der Waals surface area contributed by atoms with Gasteiger partial charge in [-0.1, -0.05) is 31.3 Å². The Hall–Kier alpha value is -1.46. The van der Waals surface area contributed by atoms with Gasteiger partial charge in [-0.15, -0.1) is 0 Å². The Morgan fingerprint density at radius 3 is 2.76 bits per heavy atom. The van der Waals surface area contributed by atoms with E-state index in [1.807, 2.05) is 31.2 Å². The lowest BCUT2D eigenvalue weighted by atomic mass is 10.1. The summed E-state index contributed by atoms with van der Waals surface area (Å²) in [6.07, 6.45) is 1.15. The smallest absolute Gasteiger partial charge is 0.241 e. The third-order valence-electron chi connectivity index (χ3n) is 4.12. The Bertz CT molecular complexity index is 546. The van der Waals surface area contributed by atoms with Gasteiger partial charge in [-0.3, -0.25) is 9.69 Å². The Morgan fingerprint density at radius 1 is 1.48 bits per heavy atom. The van der Waals surface area contributed by atoms with Crippen LogP contribution in [0, 0.1) is 5.92 Å². The molecule has 4 nitrogen and oxygen atoms in total. The van der Waals surface area contributed by atoms with E-state index in [0.717, 1.165) is 24.2 Å². The first-order valence-electron chi connectivity index (χ1n) is 7.35. The molecule has 1 aliphatic heterocycles. The minimum Gasteiger partial charge on any atom is -0.389 e. The first-order valence-corrected chi connectivity index (χ1v) is 7.75. The molecule has 1 aliphatic rings. The molecule has 3 atom stereocenters. The van der Waals surface area contributed by atoms with Crippen molar-refractivity contribution < 1.29 is 4.79 Å². The van der Waals surface area contributed by atoms with Gasteiger partial charge in [-0.05, 0) is 38.3 Å². The third-order valence-corrected chi connectivity index (χ3v) is 4.36. The highest BCUT2D eigenvalue weighted by Gasteiger charge is 2.32. The van der Waals surface area contributed by atoms with Crippen molar-refractivity contribution in [1.29, 1.82) is 0 Å². The molecule has 0 saturated carbocycles. The number of likely N-dealkylation sites (tertiary alicyclic amines) is 1. The Kier molecular flexibility index (Phi) is 4.96. The molecule has 0 aromatic heterocycles. The zero-order chi connectivity index (χ0) is 15.6. The summed E-state index contributed by atoms with van der Waals surface area (Å²) in [5, 5.41) is 2.95. The quantitative estimate of drug-likeness (QED) is 0.839. The second kappa shape index (κ2) is 6.54. The van der Waals surface area contributed by atoms with Gasteiger partial charge in [0.15, 0.2) is 0 Å². The summed E-state index contributed by atoms with van der Waals surface area (Å²) in [5.74, 6) is 0.657. The number of anilines is 1. The average Bonchev–Trinajstić information content (AvgIpc) is 2.77. The summed E-state index contributed by atoms with van der Waals surface area (Å²) < 4.78 is 0. The molecule has 1 fully saturated rings. The number of benzene rings is 1. The fraction of sp³-hybridized carbons (Fsp3) is 0.500. The summed E-state index contributed by atoms with van der Waals surface area (Å²) in [6, 6.07) is 7.65. The predicted molar refractivity (Wildman–Crippen MR) is 90.4 cm³/mol. The number of nitrogens with two attached hydrogens (primary N) is 1. The largest absolute Gasteiger partial charge is 0.389 e. The maximum atomic E-state index is 12.4. The molecule has 5 heteroatoms. The third kappa shape index (κ3) is 3.80. The van der Waals surface area contributed by atoms with Gasteiger partial charge in [0.25, 0.3) is 0 Å². The van der Waals surface area contributed by atoms with Crippen molar-refractivity contribution in [3.63, 3.8) is 0 Å². The number of rotatable bonds is 4. The molecular weight excluding hydrogens is 282 g/mol. The monoisotopic (exact) mass is 305 g/mol. The molecule has 0 aliphatic carbocycles. The van der Waals surface area contributed by atoms with Crippen molar-refractivity contribution in [1.82, 2.24) is 4.90 Å². The fourth-order valence-corrected chi connectivity index (χ4v) is 3.15. The number of carbonyl (C=O) groups excluding carboxylic acids is 1. The highest BCUT2D eigenvalue weighted by Crippen LogP contribution is 2.25. The zero-order valence-corrected chi connectivity index (χ0v) is 13.6. The lowest BCUT2D eigenvalue weighted by Gasteiger charge is -2.27. The van der Waals surface area contributed by atoms with E-state index in [2.05, 4.69) is 24.1 Å². The van der Waals surface area contributed by atoms with Gasteiger partial charge < -0.3 is 11.1 Å². The number of nitrogens with zero attached hydrogens (tertiary/aromatic N) is 1. The van der Waals surface area contributed by atoms with E-state index in [1.165, 1.54) is 0 Å². The number of hydrogen-bond acceptors (Lipinski definition) is 3. The Labute approximate surface area is 131 Å². The van der Waals surface area contributed by atoms with Crippen molar-refractivity contribution in [3.05, 3.63) is 29.8 Å². The molecule has 1 amide bonds. The molecule has 3 N–H and O–H groups in total. The molecule has 1 aromatic carbocycles. The van der Waals surface area contributed by atoms with Gasteiger partial charge in [0.2, 0.25) is 5.91 Å². The van der Waals surface area contributed by atoms with Crippen molar-refractivity contribution in [3.8, 4) is 0 Å². The van der Waals surface area contributed by atoms with Crippen LogP contribution in [0.15, 0.2) is 24.3 Å². The fourth-order valence-electron chi connectivity index (χ4n) is 3.02. The van der Waals surface area contributed by atoms with E-state index in [4.69, 9.17) is 18.0 Å². The second-order valence-corrected chi connectivity index (χ2v) is 6.44. The summed E-state index contributed by atoms with van der Waals surface area (Å²) in [7, 11) is 0. The number of carbonyl (C=O) groups is 1. The van der Waals surface area contributed by atoms with E-state index >= 15 is 0 Å². The number of nitrogens with one attached hydrogen (secondary N) is 1. The molecule has 3 unspecified atom stereocenters. The van der Waals surface area contributed by atoms with Crippen LogP contribution >= 0.6 is 12.2 Å². The van der Waals surface area contributed by atoms with Crippen LogP contribution in [0.25, 0.3) is 0 Å². The lowest BCUT2D eigenvalue weighted by molar-refractivity contribution is -0.121. The number of amides is 1. The van der Waals surface area contributed by atoms with Gasteiger partial charge in [0.1, 0.15) is 4.99 Å². The van der Waals surface area contributed by atoms with Gasteiger partial charge >= 0.3 is 0 Å². The molecule has 2 rings (SSSR count). The van der Waals surface area contributed by atoms with Crippen LogP contribution in [0.1, 0.15) is 32.8 Å². The van der Waals surface area contributed by atoms with Gasteiger partial charge in [0.05, 0.1) is 6.04 Å². The van der Waals surface area contributed by atoms with E-state index < -0.39 is 0 Å². The lowest BCUT2D eigenvalue weighted by Crippen LogP contribution is -2.43. The molecule has 0 radical (unpaired) electrons. The molecule has 21 heavy (non-hydrogen) atoms. The highest BCUT2D eigenvalue weighted by atomic mass is 32.1. The van der Waals surface area contributed by atoms with Crippen LogP contribution in [0.4, 0.5) is 5.69 Å². The van der Waals surface area contributed by atoms with Crippen molar-refractivity contribution >= 4 is 28.8 Å². The maximum absolute atomic E-state index is 12.4. The summed E-state index contributed by atoms with van der Waals surface area (Å²) in [6.45, 7) is 7.34. The molecule has 114 valence electrons. The Morgan fingerprint density at radius 2 is 2.19 bits per heavy atom. The van der Waals surface area contributed by atoms with Crippen LogP contribution in [0.5, 0.6) is 0 Å². The number of hydrogen-bond donors (Lipinski definition) is 2. The first kappa shape index (κ1) is 15.9. The molecule has 1 aromatic rings. The van der Waals surface area contributed by atoms with Crippen LogP contribution in [0.3, 0.4) is 0 Å². The average molecular weight is 305 g/mol. The SMILES string of the molecule is CC1CC(C)N(C(C)C(=O)Nc2cccc(C(N)=S)c2)C1. The molecule has 1 saturated heterocycles. The van der Waals surface area contributed by atoms with Crippen molar-refractivity contribution in [2.24, 2.45) is 11.7 Å².